The molecular formula is C22H23N2. The highest BCUT2D eigenvalue weighted by molar-refractivity contribution is 5.41. The van der Waals surface area contributed by atoms with Gasteiger partial charge in [-0.05, 0) is 61.2 Å². The van der Waals surface area contributed by atoms with Crippen molar-refractivity contribution in [1.29, 1.82) is 0 Å². The average Bonchev–Trinajstić information content (AvgIpc) is 2.89. The van der Waals surface area contributed by atoms with Gasteiger partial charge in [-0.3, -0.25) is 4.90 Å². The summed E-state index contributed by atoms with van der Waals surface area (Å²) in [5.74, 6) is 0. The molecule has 2 heteroatoms. The zero-order chi connectivity index (χ0) is 16.5. The van der Waals surface area contributed by atoms with E-state index in [0.29, 0.717) is 0 Å². The molecule has 0 atom stereocenters. The molecule has 2 heterocycles. The molecule has 1 aliphatic heterocycles. The summed E-state index contributed by atoms with van der Waals surface area (Å²) in [5.41, 5.74) is 8.26. The molecule has 0 amide bonds. The molecule has 4 rings (SSSR count). The number of para-hydroxylation sites is 1. The van der Waals surface area contributed by atoms with E-state index in [2.05, 4.69) is 77.9 Å². The maximum Gasteiger partial charge on any atom is 0.0455 e. The first-order valence-electron chi connectivity index (χ1n) is 8.66. The van der Waals surface area contributed by atoms with Crippen molar-refractivity contribution in [2.45, 2.75) is 33.4 Å². The molecule has 0 spiro atoms. The van der Waals surface area contributed by atoms with Gasteiger partial charge >= 0.3 is 0 Å². The average molecular weight is 315 g/mol. The van der Waals surface area contributed by atoms with Crippen molar-refractivity contribution in [2.75, 3.05) is 6.54 Å². The van der Waals surface area contributed by atoms with E-state index in [1.54, 1.807) is 0 Å². The Hall–Kier alpha value is -2.32. The van der Waals surface area contributed by atoms with Crippen molar-refractivity contribution < 1.29 is 0 Å². The summed E-state index contributed by atoms with van der Waals surface area (Å²) in [4.78, 5) is 2.56. The first-order valence-corrected chi connectivity index (χ1v) is 8.66. The molecule has 1 aliphatic rings. The van der Waals surface area contributed by atoms with Crippen LogP contribution in [0.15, 0.2) is 54.6 Å². The summed E-state index contributed by atoms with van der Waals surface area (Å²) < 4.78 is 2.36. The van der Waals surface area contributed by atoms with Crippen molar-refractivity contribution in [3.05, 3.63) is 88.7 Å². The lowest BCUT2D eigenvalue weighted by Gasteiger charge is -2.28. The Kier molecular flexibility index (Phi) is 3.99. The third-order valence-corrected chi connectivity index (χ3v) is 5.09. The number of aromatic nitrogens is 1. The van der Waals surface area contributed by atoms with Crippen LogP contribution in [0.3, 0.4) is 0 Å². The van der Waals surface area contributed by atoms with E-state index in [0.717, 1.165) is 26.1 Å². The van der Waals surface area contributed by atoms with Crippen LogP contribution in [0.1, 0.15) is 28.1 Å². The molecule has 24 heavy (non-hydrogen) atoms. The predicted octanol–water partition coefficient (Wildman–Crippen LogP) is 4.45. The molecule has 0 saturated carbocycles. The van der Waals surface area contributed by atoms with E-state index in [4.69, 9.17) is 0 Å². The topological polar surface area (TPSA) is 8.17 Å². The van der Waals surface area contributed by atoms with Gasteiger partial charge in [-0.15, -0.1) is 0 Å². The van der Waals surface area contributed by atoms with E-state index in [9.17, 15) is 0 Å². The van der Waals surface area contributed by atoms with Gasteiger partial charge in [0.2, 0.25) is 0 Å². The Balaban J connectivity index is 1.58. The van der Waals surface area contributed by atoms with Crippen LogP contribution in [0.4, 0.5) is 0 Å². The fraction of sp³-hybridized carbons (Fsp3) is 0.273. The summed E-state index contributed by atoms with van der Waals surface area (Å²) in [5, 5.41) is 0. The molecule has 0 bridgehead atoms. The molecule has 0 N–H and O–H groups in total. The van der Waals surface area contributed by atoms with E-state index < -0.39 is 0 Å². The van der Waals surface area contributed by atoms with Gasteiger partial charge in [-0.2, -0.15) is 0 Å². The second kappa shape index (κ2) is 6.29. The van der Waals surface area contributed by atoms with Crippen molar-refractivity contribution in [1.82, 2.24) is 9.47 Å². The number of hydrogen-bond donors (Lipinski definition) is 0. The summed E-state index contributed by atoms with van der Waals surface area (Å²) in [6.07, 6.45) is 1.13. The summed E-state index contributed by atoms with van der Waals surface area (Å²) in [6, 6.07) is 22.6. The Morgan fingerprint density at radius 2 is 1.88 bits per heavy atom. The van der Waals surface area contributed by atoms with Gasteiger partial charge in [0.1, 0.15) is 0 Å². The van der Waals surface area contributed by atoms with Crippen LogP contribution in [0, 0.1) is 19.9 Å². The Morgan fingerprint density at radius 3 is 2.71 bits per heavy atom. The van der Waals surface area contributed by atoms with Crippen molar-refractivity contribution in [3.63, 3.8) is 0 Å². The number of hydrogen-bond acceptors (Lipinski definition) is 1. The predicted molar refractivity (Wildman–Crippen MR) is 98.3 cm³/mol. The molecule has 0 aliphatic carbocycles. The maximum absolute atomic E-state index is 3.20. The minimum absolute atomic E-state index is 1.02. The number of nitrogens with zero attached hydrogens (tertiary/aromatic N) is 2. The van der Waals surface area contributed by atoms with Crippen LogP contribution in [-0.4, -0.2) is 16.0 Å². The lowest BCUT2D eigenvalue weighted by molar-refractivity contribution is 0.245. The van der Waals surface area contributed by atoms with Crippen LogP contribution < -0.4 is 0 Å². The van der Waals surface area contributed by atoms with Gasteiger partial charge in [0.05, 0.1) is 0 Å². The van der Waals surface area contributed by atoms with Crippen molar-refractivity contribution in [3.8, 4) is 5.69 Å². The monoisotopic (exact) mass is 315 g/mol. The fourth-order valence-electron chi connectivity index (χ4n) is 3.82. The van der Waals surface area contributed by atoms with E-state index in [-0.39, 0.29) is 0 Å². The standard InChI is InChI=1S/C22H23N2/c1-17-14-21(18(2)24(17)22-10-4-3-5-11-22)16-23-13-12-19-8-6-7-9-20(19)15-23/h3-5,7-11,14H,12-13,15-16H2,1-2H3. The summed E-state index contributed by atoms with van der Waals surface area (Å²) >= 11 is 0. The number of aryl methyl sites for hydroxylation is 1. The molecule has 0 unspecified atom stereocenters. The zero-order valence-electron chi connectivity index (χ0n) is 14.4. The summed E-state index contributed by atoms with van der Waals surface area (Å²) in [6.45, 7) is 7.62. The van der Waals surface area contributed by atoms with E-state index >= 15 is 0 Å². The van der Waals surface area contributed by atoms with Crippen LogP contribution in [0.25, 0.3) is 5.69 Å². The smallest absolute Gasteiger partial charge is 0.0455 e. The molecule has 2 nitrogen and oxygen atoms in total. The van der Waals surface area contributed by atoms with Crippen molar-refractivity contribution in [2.24, 2.45) is 0 Å². The quantitative estimate of drug-likeness (QED) is 0.693. The molecule has 1 radical (unpaired) electrons. The van der Waals surface area contributed by atoms with E-state index in [1.807, 2.05) is 6.07 Å². The van der Waals surface area contributed by atoms with Gasteiger partial charge in [0.25, 0.3) is 0 Å². The molecule has 2 aromatic carbocycles. The number of benzene rings is 2. The fourth-order valence-corrected chi connectivity index (χ4v) is 3.82. The third-order valence-electron chi connectivity index (χ3n) is 5.09. The third kappa shape index (κ3) is 2.78. The highest BCUT2D eigenvalue weighted by atomic mass is 15.1. The van der Waals surface area contributed by atoms with Gasteiger partial charge < -0.3 is 4.57 Å². The maximum atomic E-state index is 3.20. The van der Waals surface area contributed by atoms with Crippen LogP contribution in [-0.2, 0) is 19.5 Å². The van der Waals surface area contributed by atoms with Crippen LogP contribution in [0.2, 0.25) is 0 Å². The van der Waals surface area contributed by atoms with Gasteiger partial charge in [0, 0.05) is 36.7 Å². The van der Waals surface area contributed by atoms with Crippen LogP contribution >= 0.6 is 0 Å². The highest BCUT2D eigenvalue weighted by Gasteiger charge is 2.18. The normalized spacial score (nSPS) is 14.6. The van der Waals surface area contributed by atoms with Crippen LogP contribution in [0.5, 0.6) is 0 Å². The first kappa shape index (κ1) is 15.2. The minimum atomic E-state index is 1.02. The summed E-state index contributed by atoms with van der Waals surface area (Å²) in [7, 11) is 0. The number of rotatable bonds is 3. The Bertz CT molecular complexity index is 846. The van der Waals surface area contributed by atoms with Gasteiger partial charge in [-0.1, -0.05) is 36.4 Å². The number of fused-ring (bicyclic) bond motifs is 1. The minimum Gasteiger partial charge on any atom is -0.318 e. The molecule has 3 aromatic rings. The second-order valence-electron chi connectivity index (χ2n) is 6.72. The molecule has 0 saturated heterocycles. The van der Waals surface area contributed by atoms with Gasteiger partial charge in [0.15, 0.2) is 0 Å². The zero-order valence-corrected chi connectivity index (χ0v) is 14.4. The first-order chi connectivity index (χ1) is 11.7. The Labute approximate surface area is 144 Å². The second-order valence-corrected chi connectivity index (χ2v) is 6.72. The molecule has 1 aromatic heterocycles. The molecular weight excluding hydrogens is 292 g/mol. The lowest BCUT2D eigenvalue weighted by Crippen LogP contribution is -2.30. The van der Waals surface area contributed by atoms with Gasteiger partial charge in [-0.25, -0.2) is 0 Å². The Morgan fingerprint density at radius 1 is 1.04 bits per heavy atom. The molecule has 0 fully saturated rings. The molecule has 121 valence electrons. The largest absolute Gasteiger partial charge is 0.318 e. The highest BCUT2D eigenvalue weighted by Crippen LogP contribution is 2.25. The van der Waals surface area contributed by atoms with E-state index in [1.165, 1.54) is 33.8 Å². The lowest BCUT2D eigenvalue weighted by atomic mass is 9.99. The van der Waals surface area contributed by atoms with Crippen molar-refractivity contribution >= 4 is 0 Å². The SMILES string of the molecule is Cc1cc(CN2CCc3c[c]ccc3C2)c(C)n1-c1ccccc1.